The molecule has 1 amide bonds. The SMILES string of the molecule is CCc1ccc2c(c1)sc(=NC(=O)c1ccc(Cl)cc1)n2C. The van der Waals surface area contributed by atoms with Gasteiger partial charge in [0.25, 0.3) is 5.91 Å². The third kappa shape index (κ3) is 2.85. The van der Waals surface area contributed by atoms with E-state index >= 15 is 0 Å². The van der Waals surface area contributed by atoms with Crippen LogP contribution in [0.15, 0.2) is 47.5 Å². The Labute approximate surface area is 137 Å². The lowest BCUT2D eigenvalue weighted by molar-refractivity contribution is 0.0998. The van der Waals surface area contributed by atoms with Gasteiger partial charge in [-0.3, -0.25) is 4.79 Å². The Balaban J connectivity index is 2.07. The zero-order chi connectivity index (χ0) is 15.7. The van der Waals surface area contributed by atoms with Crippen LogP contribution in [-0.4, -0.2) is 10.5 Å². The van der Waals surface area contributed by atoms with Crippen LogP contribution in [-0.2, 0) is 13.5 Å². The van der Waals surface area contributed by atoms with Gasteiger partial charge in [0.15, 0.2) is 4.80 Å². The third-order valence-corrected chi connectivity index (χ3v) is 4.92. The number of amides is 1. The van der Waals surface area contributed by atoms with Crippen LogP contribution in [0.5, 0.6) is 0 Å². The van der Waals surface area contributed by atoms with Crippen LogP contribution in [0, 0.1) is 0 Å². The summed E-state index contributed by atoms with van der Waals surface area (Å²) in [5.74, 6) is -0.255. The Morgan fingerprint density at radius 1 is 1.23 bits per heavy atom. The maximum Gasteiger partial charge on any atom is 0.279 e. The lowest BCUT2D eigenvalue weighted by Crippen LogP contribution is -2.13. The van der Waals surface area contributed by atoms with Crippen LogP contribution in [0.25, 0.3) is 10.2 Å². The molecule has 0 saturated carbocycles. The van der Waals surface area contributed by atoms with Gasteiger partial charge in [-0.05, 0) is 48.4 Å². The van der Waals surface area contributed by atoms with Crippen molar-refractivity contribution in [3.63, 3.8) is 0 Å². The summed E-state index contributed by atoms with van der Waals surface area (Å²) in [5, 5.41) is 0.607. The molecule has 5 heteroatoms. The summed E-state index contributed by atoms with van der Waals surface area (Å²) in [6.45, 7) is 2.13. The molecular weight excluding hydrogens is 316 g/mol. The molecule has 22 heavy (non-hydrogen) atoms. The number of halogens is 1. The summed E-state index contributed by atoms with van der Waals surface area (Å²) in [6.07, 6.45) is 0.994. The summed E-state index contributed by atoms with van der Waals surface area (Å²) < 4.78 is 3.09. The minimum Gasteiger partial charge on any atom is -0.319 e. The molecule has 1 aromatic heterocycles. The Kier molecular flexibility index (Phi) is 4.14. The van der Waals surface area contributed by atoms with Crippen molar-refractivity contribution >= 4 is 39.1 Å². The first-order chi connectivity index (χ1) is 10.6. The third-order valence-electron chi connectivity index (χ3n) is 3.57. The van der Waals surface area contributed by atoms with Gasteiger partial charge in [-0.1, -0.05) is 35.9 Å². The van der Waals surface area contributed by atoms with Crippen LogP contribution in [0.1, 0.15) is 22.8 Å². The highest BCUT2D eigenvalue weighted by Crippen LogP contribution is 2.19. The zero-order valence-corrected chi connectivity index (χ0v) is 13.9. The Morgan fingerprint density at radius 3 is 2.64 bits per heavy atom. The molecule has 0 saturated heterocycles. The molecule has 0 bridgehead atoms. The van der Waals surface area contributed by atoms with Crippen molar-refractivity contribution < 1.29 is 4.79 Å². The molecule has 3 nitrogen and oxygen atoms in total. The van der Waals surface area contributed by atoms with Crippen molar-refractivity contribution in [2.75, 3.05) is 0 Å². The molecule has 0 unspecified atom stereocenters. The molecule has 0 spiro atoms. The van der Waals surface area contributed by atoms with Gasteiger partial charge in [-0.25, -0.2) is 0 Å². The lowest BCUT2D eigenvalue weighted by atomic mass is 10.2. The van der Waals surface area contributed by atoms with Crippen molar-refractivity contribution in [3.8, 4) is 0 Å². The number of aryl methyl sites for hydroxylation is 2. The maximum absolute atomic E-state index is 12.3. The fourth-order valence-electron chi connectivity index (χ4n) is 2.25. The Morgan fingerprint density at radius 2 is 1.95 bits per heavy atom. The normalized spacial score (nSPS) is 12.0. The van der Waals surface area contributed by atoms with Crippen molar-refractivity contribution in [2.45, 2.75) is 13.3 Å². The average molecular weight is 331 g/mol. The molecule has 0 aliphatic rings. The number of carbonyl (C=O) groups excluding carboxylic acids is 1. The first-order valence-corrected chi connectivity index (χ1v) is 8.21. The van der Waals surface area contributed by atoms with E-state index < -0.39 is 0 Å². The average Bonchev–Trinajstić information content (AvgIpc) is 2.83. The maximum atomic E-state index is 12.3. The molecule has 2 aromatic carbocycles. The van der Waals surface area contributed by atoms with Gasteiger partial charge in [0.05, 0.1) is 10.2 Å². The molecule has 0 fully saturated rings. The predicted molar refractivity (Wildman–Crippen MR) is 91.5 cm³/mol. The van der Waals surface area contributed by atoms with Gasteiger partial charge in [0, 0.05) is 17.6 Å². The summed E-state index contributed by atoms with van der Waals surface area (Å²) >= 11 is 7.37. The molecule has 3 aromatic rings. The molecular formula is C17H15ClN2OS. The molecule has 1 heterocycles. The van der Waals surface area contributed by atoms with Crippen LogP contribution in [0.3, 0.4) is 0 Å². The van der Waals surface area contributed by atoms with E-state index in [1.807, 2.05) is 11.6 Å². The van der Waals surface area contributed by atoms with E-state index in [1.165, 1.54) is 16.9 Å². The zero-order valence-electron chi connectivity index (χ0n) is 12.3. The number of hydrogen-bond acceptors (Lipinski definition) is 2. The van der Waals surface area contributed by atoms with Crippen molar-refractivity contribution in [1.29, 1.82) is 0 Å². The Bertz CT molecular complexity index is 907. The standard InChI is InChI=1S/C17H15ClN2OS/c1-3-11-4-9-14-15(10-11)22-17(20(14)2)19-16(21)12-5-7-13(18)8-6-12/h4-10H,3H2,1-2H3. The van der Waals surface area contributed by atoms with Gasteiger partial charge in [0.2, 0.25) is 0 Å². The Hall–Kier alpha value is -1.91. The minimum atomic E-state index is -0.255. The van der Waals surface area contributed by atoms with Crippen molar-refractivity contribution in [2.24, 2.45) is 12.0 Å². The van der Waals surface area contributed by atoms with Gasteiger partial charge in [-0.15, -0.1) is 0 Å². The number of thiazole rings is 1. The number of benzene rings is 2. The van der Waals surface area contributed by atoms with E-state index in [1.54, 1.807) is 24.3 Å². The summed E-state index contributed by atoms with van der Waals surface area (Å²) in [7, 11) is 1.93. The van der Waals surface area contributed by atoms with E-state index in [-0.39, 0.29) is 5.91 Å². The number of fused-ring (bicyclic) bond motifs is 1. The van der Waals surface area contributed by atoms with Crippen molar-refractivity contribution in [1.82, 2.24) is 4.57 Å². The second kappa shape index (κ2) is 6.07. The molecule has 0 aliphatic carbocycles. The molecule has 112 valence electrons. The second-order valence-electron chi connectivity index (χ2n) is 5.02. The molecule has 0 atom stereocenters. The lowest BCUT2D eigenvalue weighted by Gasteiger charge is -1.98. The molecule has 0 radical (unpaired) electrons. The highest BCUT2D eigenvalue weighted by Gasteiger charge is 2.07. The van der Waals surface area contributed by atoms with Gasteiger partial charge in [0.1, 0.15) is 0 Å². The van der Waals surface area contributed by atoms with Crippen LogP contribution >= 0.6 is 22.9 Å². The monoisotopic (exact) mass is 330 g/mol. The quantitative estimate of drug-likeness (QED) is 0.693. The second-order valence-corrected chi connectivity index (χ2v) is 6.47. The first-order valence-electron chi connectivity index (χ1n) is 7.01. The smallest absolute Gasteiger partial charge is 0.279 e. The van der Waals surface area contributed by atoms with Gasteiger partial charge >= 0.3 is 0 Å². The highest BCUT2D eigenvalue weighted by atomic mass is 35.5. The largest absolute Gasteiger partial charge is 0.319 e. The minimum absolute atomic E-state index is 0.255. The van der Waals surface area contributed by atoms with Crippen molar-refractivity contribution in [3.05, 3.63) is 63.4 Å². The van der Waals surface area contributed by atoms with E-state index in [4.69, 9.17) is 11.6 Å². The summed E-state index contributed by atoms with van der Waals surface area (Å²) in [5.41, 5.74) is 2.91. The number of aromatic nitrogens is 1. The van der Waals surface area contributed by atoms with Gasteiger partial charge < -0.3 is 4.57 Å². The number of rotatable bonds is 2. The molecule has 3 rings (SSSR count). The molecule has 0 N–H and O–H groups in total. The van der Waals surface area contributed by atoms with Crippen LogP contribution < -0.4 is 4.80 Å². The van der Waals surface area contributed by atoms with E-state index in [9.17, 15) is 4.79 Å². The fraction of sp³-hybridized carbons (Fsp3) is 0.176. The topological polar surface area (TPSA) is 34.4 Å². The summed E-state index contributed by atoms with van der Waals surface area (Å²) in [4.78, 5) is 17.2. The van der Waals surface area contributed by atoms with E-state index in [0.29, 0.717) is 15.4 Å². The van der Waals surface area contributed by atoms with E-state index in [2.05, 4.69) is 30.1 Å². The van der Waals surface area contributed by atoms with Crippen LogP contribution in [0.2, 0.25) is 5.02 Å². The molecule has 0 aliphatic heterocycles. The number of carbonyl (C=O) groups is 1. The summed E-state index contributed by atoms with van der Waals surface area (Å²) in [6, 6.07) is 13.1. The first kappa shape index (κ1) is 15.0. The number of hydrogen-bond donors (Lipinski definition) is 0. The highest BCUT2D eigenvalue weighted by molar-refractivity contribution is 7.16. The van der Waals surface area contributed by atoms with Gasteiger partial charge in [-0.2, -0.15) is 4.99 Å². The van der Waals surface area contributed by atoms with Crippen LogP contribution in [0.4, 0.5) is 0 Å². The number of nitrogens with zero attached hydrogens (tertiary/aromatic N) is 2. The fourth-order valence-corrected chi connectivity index (χ4v) is 3.46. The van der Waals surface area contributed by atoms with E-state index in [0.717, 1.165) is 16.6 Å². The predicted octanol–water partition coefficient (Wildman–Crippen LogP) is 4.20.